The summed E-state index contributed by atoms with van der Waals surface area (Å²) in [6.07, 6.45) is 5.04. The molecule has 4 rings (SSSR count). The molecule has 1 amide bonds. The summed E-state index contributed by atoms with van der Waals surface area (Å²) in [5.74, 6) is 0.700. The van der Waals surface area contributed by atoms with E-state index >= 15 is 0 Å². The van der Waals surface area contributed by atoms with Crippen molar-refractivity contribution in [2.45, 2.75) is 24.8 Å². The van der Waals surface area contributed by atoms with Crippen LogP contribution in [0, 0.1) is 0 Å². The first-order valence-electron chi connectivity index (χ1n) is 7.98. The zero-order valence-corrected chi connectivity index (χ0v) is 13.1. The van der Waals surface area contributed by atoms with Crippen molar-refractivity contribution >= 4 is 5.91 Å². The summed E-state index contributed by atoms with van der Waals surface area (Å²) in [7, 11) is 0. The Bertz CT molecular complexity index is 839. The molecule has 0 spiro atoms. The molecule has 2 aromatic heterocycles. The van der Waals surface area contributed by atoms with E-state index in [1.54, 1.807) is 12.4 Å². The molecule has 5 heteroatoms. The first-order valence-corrected chi connectivity index (χ1v) is 7.98. The highest BCUT2D eigenvalue weighted by molar-refractivity contribution is 5.91. The molecule has 3 aromatic rings. The Hall–Kier alpha value is -2.95. The van der Waals surface area contributed by atoms with Gasteiger partial charge in [-0.3, -0.25) is 9.78 Å². The number of aromatic nitrogens is 2. The Labute approximate surface area is 139 Å². The number of rotatable bonds is 5. The predicted molar refractivity (Wildman–Crippen MR) is 88.9 cm³/mol. The lowest BCUT2D eigenvalue weighted by Crippen LogP contribution is -2.34. The third kappa shape index (κ3) is 2.69. The SMILES string of the molecule is O=C(NCc1ccncc1)C1(c2cc(-c3ccccc3)on2)CC1. The largest absolute Gasteiger partial charge is 0.356 e. The Kier molecular flexibility index (Phi) is 3.61. The van der Waals surface area contributed by atoms with E-state index in [-0.39, 0.29) is 5.91 Å². The van der Waals surface area contributed by atoms with Crippen LogP contribution >= 0.6 is 0 Å². The van der Waals surface area contributed by atoms with Crippen LogP contribution in [-0.2, 0) is 16.8 Å². The molecule has 24 heavy (non-hydrogen) atoms. The van der Waals surface area contributed by atoms with Crippen LogP contribution in [0.3, 0.4) is 0 Å². The zero-order chi connectivity index (χ0) is 16.4. The fraction of sp³-hybridized carbons (Fsp3) is 0.211. The minimum Gasteiger partial charge on any atom is -0.356 e. The quantitative estimate of drug-likeness (QED) is 0.784. The van der Waals surface area contributed by atoms with Crippen LogP contribution in [0.1, 0.15) is 24.1 Å². The molecule has 0 saturated heterocycles. The number of amides is 1. The summed E-state index contributed by atoms with van der Waals surface area (Å²) in [6.45, 7) is 0.493. The van der Waals surface area contributed by atoms with Gasteiger partial charge in [0.05, 0.1) is 11.1 Å². The van der Waals surface area contributed by atoms with Crippen LogP contribution in [0.25, 0.3) is 11.3 Å². The highest BCUT2D eigenvalue weighted by atomic mass is 16.5. The zero-order valence-electron chi connectivity index (χ0n) is 13.1. The van der Waals surface area contributed by atoms with Crippen molar-refractivity contribution in [3.63, 3.8) is 0 Å². The Morgan fingerprint density at radius 3 is 2.58 bits per heavy atom. The van der Waals surface area contributed by atoms with Gasteiger partial charge in [-0.15, -0.1) is 0 Å². The molecule has 1 saturated carbocycles. The first-order chi connectivity index (χ1) is 11.8. The summed E-state index contributed by atoms with van der Waals surface area (Å²) in [5, 5.41) is 7.16. The second-order valence-corrected chi connectivity index (χ2v) is 6.06. The molecular weight excluding hydrogens is 302 g/mol. The molecule has 0 bridgehead atoms. The van der Waals surface area contributed by atoms with E-state index in [1.165, 1.54) is 0 Å². The van der Waals surface area contributed by atoms with Gasteiger partial charge in [0.1, 0.15) is 0 Å². The molecular formula is C19H17N3O2. The second kappa shape index (κ2) is 5.92. The van der Waals surface area contributed by atoms with Crippen LogP contribution in [0.15, 0.2) is 65.4 Å². The normalized spacial score (nSPS) is 15.0. The van der Waals surface area contributed by atoms with Gasteiger partial charge in [0.15, 0.2) is 5.76 Å². The van der Waals surface area contributed by atoms with Gasteiger partial charge in [0.25, 0.3) is 0 Å². The first kappa shape index (κ1) is 14.6. The van der Waals surface area contributed by atoms with Crippen molar-refractivity contribution in [3.8, 4) is 11.3 Å². The van der Waals surface area contributed by atoms with Gasteiger partial charge in [-0.05, 0) is 30.5 Å². The van der Waals surface area contributed by atoms with E-state index in [4.69, 9.17) is 4.52 Å². The maximum Gasteiger partial charge on any atom is 0.232 e. The molecule has 120 valence electrons. The molecule has 1 aliphatic carbocycles. The minimum absolute atomic E-state index is 0.00669. The van der Waals surface area contributed by atoms with Crippen LogP contribution in [-0.4, -0.2) is 16.0 Å². The number of nitrogens with one attached hydrogen (secondary N) is 1. The van der Waals surface area contributed by atoms with E-state index in [0.29, 0.717) is 18.0 Å². The number of hydrogen-bond donors (Lipinski definition) is 1. The average Bonchev–Trinajstić information content (AvgIpc) is 3.31. The van der Waals surface area contributed by atoms with E-state index in [1.807, 2.05) is 48.5 Å². The average molecular weight is 319 g/mol. The van der Waals surface area contributed by atoms with E-state index in [0.717, 1.165) is 24.0 Å². The summed E-state index contributed by atoms with van der Waals surface area (Å²) in [6, 6.07) is 15.5. The van der Waals surface area contributed by atoms with Crippen LogP contribution in [0.4, 0.5) is 0 Å². The minimum atomic E-state index is -0.538. The molecule has 1 N–H and O–H groups in total. The molecule has 0 unspecified atom stereocenters. The maximum atomic E-state index is 12.6. The smallest absolute Gasteiger partial charge is 0.232 e. The number of benzene rings is 1. The number of pyridine rings is 1. The number of hydrogen-bond acceptors (Lipinski definition) is 4. The van der Waals surface area contributed by atoms with Crippen molar-refractivity contribution in [2.24, 2.45) is 0 Å². The van der Waals surface area contributed by atoms with Crippen LogP contribution in [0.2, 0.25) is 0 Å². The highest BCUT2D eigenvalue weighted by Crippen LogP contribution is 2.48. The fourth-order valence-electron chi connectivity index (χ4n) is 2.82. The molecule has 1 aliphatic rings. The molecule has 0 radical (unpaired) electrons. The monoisotopic (exact) mass is 319 g/mol. The summed E-state index contributed by atoms with van der Waals surface area (Å²) in [5.41, 5.74) is 2.17. The molecule has 0 aliphatic heterocycles. The van der Waals surface area contributed by atoms with Crippen molar-refractivity contribution in [1.82, 2.24) is 15.5 Å². The molecule has 1 fully saturated rings. The van der Waals surface area contributed by atoms with Gasteiger partial charge < -0.3 is 9.84 Å². The number of carbonyl (C=O) groups excluding carboxylic acids is 1. The van der Waals surface area contributed by atoms with E-state index in [9.17, 15) is 4.79 Å². The summed E-state index contributed by atoms with van der Waals surface area (Å²) in [4.78, 5) is 16.6. The fourth-order valence-corrected chi connectivity index (χ4v) is 2.82. The van der Waals surface area contributed by atoms with Crippen molar-refractivity contribution in [1.29, 1.82) is 0 Å². The van der Waals surface area contributed by atoms with Gasteiger partial charge in [-0.25, -0.2) is 0 Å². The summed E-state index contributed by atoms with van der Waals surface area (Å²) >= 11 is 0. The Balaban J connectivity index is 1.49. The van der Waals surface area contributed by atoms with Crippen molar-refractivity contribution in [2.75, 3.05) is 0 Å². The summed E-state index contributed by atoms with van der Waals surface area (Å²) < 4.78 is 5.45. The molecule has 5 nitrogen and oxygen atoms in total. The second-order valence-electron chi connectivity index (χ2n) is 6.06. The van der Waals surface area contributed by atoms with Gasteiger partial charge in [-0.1, -0.05) is 35.5 Å². The van der Waals surface area contributed by atoms with E-state index in [2.05, 4.69) is 15.5 Å². The van der Waals surface area contributed by atoms with Crippen LogP contribution in [0.5, 0.6) is 0 Å². The number of nitrogens with zero attached hydrogens (tertiary/aromatic N) is 2. The topological polar surface area (TPSA) is 68.0 Å². The third-order valence-corrected chi connectivity index (χ3v) is 4.45. The van der Waals surface area contributed by atoms with Gasteiger partial charge in [0, 0.05) is 30.6 Å². The lowest BCUT2D eigenvalue weighted by molar-refractivity contribution is -0.123. The van der Waals surface area contributed by atoms with Gasteiger partial charge >= 0.3 is 0 Å². The lowest BCUT2D eigenvalue weighted by atomic mass is 10.00. The molecule has 1 aromatic carbocycles. The third-order valence-electron chi connectivity index (χ3n) is 4.45. The van der Waals surface area contributed by atoms with E-state index < -0.39 is 5.41 Å². The van der Waals surface area contributed by atoms with Crippen molar-refractivity contribution < 1.29 is 9.32 Å². The van der Waals surface area contributed by atoms with Crippen molar-refractivity contribution in [3.05, 3.63) is 72.2 Å². The highest BCUT2D eigenvalue weighted by Gasteiger charge is 2.53. The molecule has 2 heterocycles. The Morgan fingerprint density at radius 2 is 1.88 bits per heavy atom. The Morgan fingerprint density at radius 1 is 1.12 bits per heavy atom. The van der Waals surface area contributed by atoms with Gasteiger partial charge in [-0.2, -0.15) is 0 Å². The maximum absolute atomic E-state index is 12.6. The molecule has 0 atom stereocenters. The lowest BCUT2D eigenvalue weighted by Gasteiger charge is -2.12. The predicted octanol–water partition coefficient (Wildman–Crippen LogP) is 3.08. The standard InChI is InChI=1S/C19H17N3O2/c23-18(21-13-14-6-10-20-11-7-14)19(8-9-19)17-12-16(24-22-17)15-4-2-1-3-5-15/h1-7,10-12H,8-9,13H2,(H,21,23). The van der Waals surface area contributed by atoms with Crippen LogP contribution < -0.4 is 5.32 Å². The number of carbonyl (C=O) groups is 1. The van der Waals surface area contributed by atoms with Gasteiger partial charge in [0.2, 0.25) is 5.91 Å².